The summed E-state index contributed by atoms with van der Waals surface area (Å²) in [7, 11) is -1.44. The average Bonchev–Trinajstić information content (AvgIpc) is 2.73. The van der Waals surface area contributed by atoms with Crippen LogP contribution in [0.1, 0.15) is 12.8 Å². The van der Waals surface area contributed by atoms with E-state index >= 15 is 0 Å². The number of thiol groups is 1. The monoisotopic (exact) mass is 265 g/mol. The van der Waals surface area contributed by atoms with Gasteiger partial charge in [0.1, 0.15) is 6.04 Å². The Kier molecular flexibility index (Phi) is 3.87. The largest absolute Gasteiger partial charge is 0.603 e. The number of nitrogens with zero attached hydrogens (tertiary/aromatic N) is 1. The fraction of sp³-hybridized carbons (Fsp3) is 0.875. The number of carbonyl (C=O) groups is 1. The maximum Gasteiger partial charge on any atom is 0.603 e. The standard InChI is InChI=1S/C8H15NO5SSi/c1-11-16(14-6-15)9-4-2-3-7(9)8(10)12-5-13-16/h7,15H,2-6H2,1H3. The Morgan fingerprint density at radius 2 is 2.50 bits per heavy atom. The van der Waals surface area contributed by atoms with Crippen molar-refractivity contribution in [3.63, 3.8) is 0 Å². The lowest BCUT2D eigenvalue weighted by molar-refractivity contribution is -0.151. The Labute approximate surface area is 101 Å². The minimum absolute atomic E-state index is 0.111. The third-order valence-electron chi connectivity index (χ3n) is 2.82. The molecule has 0 aliphatic carbocycles. The van der Waals surface area contributed by atoms with Crippen molar-refractivity contribution in [1.82, 2.24) is 4.57 Å². The number of rotatable bonds is 3. The van der Waals surface area contributed by atoms with Crippen molar-refractivity contribution < 1.29 is 22.8 Å². The number of ether oxygens (including phenoxy) is 1. The van der Waals surface area contributed by atoms with Gasteiger partial charge in [0.25, 0.3) is 0 Å². The van der Waals surface area contributed by atoms with Gasteiger partial charge >= 0.3 is 14.9 Å². The fourth-order valence-electron chi connectivity index (χ4n) is 2.12. The molecule has 0 amide bonds. The number of hydrogen-bond donors (Lipinski definition) is 1. The summed E-state index contributed by atoms with van der Waals surface area (Å²) in [6.07, 6.45) is 1.67. The zero-order valence-electron chi connectivity index (χ0n) is 9.05. The molecule has 0 N–H and O–H groups in total. The van der Waals surface area contributed by atoms with Gasteiger partial charge in [-0.25, -0.2) is 4.57 Å². The first-order valence-electron chi connectivity index (χ1n) is 5.11. The van der Waals surface area contributed by atoms with Crippen molar-refractivity contribution in [3.8, 4) is 0 Å². The number of hydrogen-bond acceptors (Lipinski definition) is 7. The molecule has 8 heteroatoms. The Morgan fingerprint density at radius 3 is 3.19 bits per heavy atom. The van der Waals surface area contributed by atoms with E-state index < -0.39 is 8.97 Å². The molecular weight excluding hydrogens is 250 g/mol. The van der Waals surface area contributed by atoms with Crippen LogP contribution in [0.3, 0.4) is 0 Å². The second-order valence-electron chi connectivity index (χ2n) is 3.58. The number of cyclic esters (lactones) is 1. The van der Waals surface area contributed by atoms with E-state index in [0.29, 0.717) is 0 Å². The molecule has 2 atom stereocenters. The quantitative estimate of drug-likeness (QED) is 0.335. The van der Waals surface area contributed by atoms with Gasteiger partial charge in [0, 0.05) is 7.11 Å². The first-order chi connectivity index (χ1) is 7.73. The van der Waals surface area contributed by atoms with Crippen molar-refractivity contribution >= 4 is 27.6 Å². The molecule has 2 unspecified atom stereocenters. The maximum atomic E-state index is 11.7. The van der Waals surface area contributed by atoms with E-state index in [4.69, 9.17) is 18.0 Å². The van der Waals surface area contributed by atoms with Gasteiger partial charge in [0.2, 0.25) is 0 Å². The highest BCUT2D eigenvalue weighted by Crippen LogP contribution is 2.29. The first kappa shape index (κ1) is 12.3. The van der Waals surface area contributed by atoms with Gasteiger partial charge in [-0.15, -0.1) is 0 Å². The predicted octanol–water partition coefficient (Wildman–Crippen LogP) is -0.0324. The zero-order valence-corrected chi connectivity index (χ0v) is 10.9. The van der Waals surface area contributed by atoms with Crippen LogP contribution < -0.4 is 0 Å². The maximum absolute atomic E-state index is 11.7. The highest BCUT2D eigenvalue weighted by Gasteiger charge is 2.57. The molecule has 0 radical (unpaired) electrons. The van der Waals surface area contributed by atoms with E-state index in [2.05, 4.69) is 12.6 Å². The van der Waals surface area contributed by atoms with Crippen LogP contribution in [0.5, 0.6) is 0 Å². The highest BCUT2D eigenvalue weighted by atomic mass is 32.1. The van der Waals surface area contributed by atoms with Crippen LogP contribution in [0.15, 0.2) is 0 Å². The Hall–Kier alpha value is -0.123. The van der Waals surface area contributed by atoms with E-state index in [-0.39, 0.29) is 24.7 Å². The molecule has 0 spiro atoms. The third kappa shape index (κ3) is 2.00. The minimum Gasteiger partial charge on any atom is -0.438 e. The van der Waals surface area contributed by atoms with Crippen LogP contribution in [0.25, 0.3) is 0 Å². The van der Waals surface area contributed by atoms with Crippen molar-refractivity contribution in [2.24, 2.45) is 0 Å². The summed E-state index contributed by atoms with van der Waals surface area (Å²) >= 11 is 4.03. The Morgan fingerprint density at radius 1 is 1.69 bits per heavy atom. The first-order valence-corrected chi connectivity index (χ1v) is 7.41. The number of carbonyl (C=O) groups excluding carboxylic acids is 1. The molecule has 2 fully saturated rings. The molecule has 0 saturated carbocycles. The molecule has 0 aromatic carbocycles. The van der Waals surface area contributed by atoms with Gasteiger partial charge < -0.3 is 18.0 Å². The molecule has 2 saturated heterocycles. The highest BCUT2D eigenvalue weighted by molar-refractivity contribution is 7.80. The molecule has 2 aliphatic heterocycles. The second-order valence-corrected chi connectivity index (χ2v) is 6.44. The molecule has 2 heterocycles. The van der Waals surface area contributed by atoms with Gasteiger partial charge in [-0.3, -0.25) is 4.79 Å². The van der Waals surface area contributed by atoms with Gasteiger partial charge in [-0.05, 0) is 19.4 Å². The topological polar surface area (TPSA) is 57.2 Å². The van der Waals surface area contributed by atoms with Crippen LogP contribution >= 0.6 is 12.6 Å². The van der Waals surface area contributed by atoms with Crippen molar-refractivity contribution in [1.29, 1.82) is 0 Å². The summed E-state index contributed by atoms with van der Waals surface area (Å²) in [6.45, 7) is 0.618. The molecule has 16 heavy (non-hydrogen) atoms. The van der Waals surface area contributed by atoms with Gasteiger partial charge in [0.15, 0.2) is 6.79 Å². The molecular formula is C8H15NO5SSi. The van der Waals surface area contributed by atoms with Crippen LogP contribution in [-0.2, 0) is 22.8 Å². The normalized spacial score (nSPS) is 35.6. The van der Waals surface area contributed by atoms with Crippen molar-refractivity contribution in [2.45, 2.75) is 18.9 Å². The van der Waals surface area contributed by atoms with E-state index in [1.807, 2.05) is 4.57 Å². The van der Waals surface area contributed by atoms with Crippen molar-refractivity contribution in [3.05, 3.63) is 0 Å². The molecule has 2 aliphatic rings. The summed E-state index contributed by atoms with van der Waals surface area (Å²) < 4.78 is 23.2. The molecule has 2 rings (SSSR count). The molecule has 0 aromatic rings. The van der Waals surface area contributed by atoms with Gasteiger partial charge in [-0.2, -0.15) is 12.6 Å². The van der Waals surface area contributed by atoms with E-state index in [9.17, 15) is 4.79 Å². The third-order valence-corrected chi connectivity index (χ3v) is 5.94. The predicted molar refractivity (Wildman–Crippen MR) is 59.5 cm³/mol. The summed E-state index contributed by atoms with van der Waals surface area (Å²) in [5, 5.41) is 0. The number of esters is 1. The summed E-state index contributed by atoms with van der Waals surface area (Å²) in [4.78, 5) is 11.7. The van der Waals surface area contributed by atoms with Crippen molar-refractivity contribution in [2.75, 3.05) is 26.4 Å². The summed E-state index contributed by atoms with van der Waals surface area (Å²) in [5.74, 6) is -0.0658. The Bertz CT molecular complexity index is 281. The fourth-order valence-corrected chi connectivity index (χ4v) is 4.92. The van der Waals surface area contributed by atoms with Crippen LogP contribution in [0.2, 0.25) is 0 Å². The zero-order chi connectivity index (χ0) is 11.6. The lowest BCUT2D eigenvalue weighted by atomic mass is 10.2. The molecule has 0 aromatic heterocycles. The molecule has 6 nitrogen and oxygen atoms in total. The van der Waals surface area contributed by atoms with Crippen LogP contribution in [0.4, 0.5) is 0 Å². The van der Waals surface area contributed by atoms with E-state index in [0.717, 1.165) is 19.4 Å². The lowest BCUT2D eigenvalue weighted by Gasteiger charge is -2.33. The minimum atomic E-state index is -2.97. The van der Waals surface area contributed by atoms with Gasteiger partial charge in [-0.1, -0.05) is 0 Å². The van der Waals surface area contributed by atoms with Crippen LogP contribution in [-0.4, -0.2) is 51.9 Å². The van der Waals surface area contributed by atoms with Gasteiger partial charge in [0.05, 0.1) is 5.94 Å². The summed E-state index contributed by atoms with van der Waals surface area (Å²) in [5.41, 5.74) is 0. The van der Waals surface area contributed by atoms with E-state index in [1.165, 1.54) is 7.11 Å². The summed E-state index contributed by atoms with van der Waals surface area (Å²) in [6, 6.07) is -0.297. The lowest BCUT2D eigenvalue weighted by Crippen LogP contribution is -2.61. The van der Waals surface area contributed by atoms with Crippen LogP contribution in [0, 0.1) is 0 Å². The number of fused-ring (bicyclic) bond motifs is 1. The molecule has 92 valence electrons. The SMILES string of the molecule is CO[Si]1(OCS)OCOC(=O)C2CCCN21. The van der Waals surface area contributed by atoms with E-state index in [1.54, 1.807) is 0 Å². The second kappa shape index (κ2) is 5.03. The Balaban J connectivity index is 2.25. The average molecular weight is 265 g/mol. The molecule has 0 bridgehead atoms. The smallest absolute Gasteiger partial charge is 0.438 e.